The lowest BCUT2D eigenvalue weighted by molar-refractivity contribution is 0.438. The molecule has 2 aromatic heterocycles. The van der Waals surface area contributed by atoms with Crippen LogP contribution >= 0.6 is 0 Å². The van der Waals surface area contributed by atoms with Crippen molar-refractivity contribution in [3.8, 4) is 67.7 Å². The van der Waals surface area contributed by atoms with Gasteiger partial charge < -0.3 is 9.15 Å². The van der Waals surface area contributed by atoms with Gasteiger partial charge in [0.1, 0.15) is 22.7 Å². The lowest BCUT2D eigenvalue weighted by Crippen LogP contribution is -2.32. The van der Waals surface area contributed by atoms with E-state index in [4.69, 9.17) is 19.1 Å². The number of para-hydroxylation sites is 3. The minimum Gasteiger partial charge on any atom is -0.456 e. The van der Waals surface area contributed by atoms with Gasteiger partial charge in [-0.3, -0.25) is 0 Å². The molecule has 0 radical (unpaired) electrons. The molecule has 3 heterocycles. The molecule has 0 amide bonds. The first kappa shape index (κ1) is 31.8. The number of rotatable bonds is 4. The van der Waals surface area contributed by atoms with Gasteiger partial charge in [0.05, 0.1) is 16.8 Å². The monoisotopic (exact) mass is 728 g/mol. The van der Waals surface area contributed by atoms with Crippen molar-refractivity contribution < 1.29 is 9.15 Å². The molecule has 0 saturated carbocycles. The molecule has 4 heteroatoms. The van der Waals surface area contributed by atoms with Crippen LogP contribution in [0.4, 0.5) is 0 Å². The quantitative estimate of drug-likeness (QED) is 0.181. The third kappa shape index (κ3) is 4.68. The third-order valence-corrected chi connectivity index (χ3v) is 11.8. The highest BCUT2D eigenvalue weighted by Gasteiger charge is 2.51. The SMILES string of the molecule is c1ccc(-c2cc(-c3ccc4c(c3)oc3ccccc34)nc(-c3cccc(-c4cccc5c4Oc4ccccc4C54c5ccccc5-c5ccccc54)c3)n2)cc1. The Morgan fingerprint density at radius 1 is 0.368 bits per heavy atom. The highest BCUT2D eigenvalue weighted by atomic mass is 16.5. The maximum Gasteiger partial charge on any atom is 0.160 e. The molecule has 4 nitrogen and oxygen atoms in total. The van der Waals surface area contributed by atoms with Gasteiger partial charge in [-0.05, 0) is 64.2 Å². The maximum atomic E-state index is 7.00. The molecule has 1 aliphatic carbocycles. The van der Waals surface area contributed by atoms with Crippen LogP contribution in [-0.2, 0) is 5.41 Å². The molecule has 2 aliphatic rings. The average Bonchev–Trinajstić information content (AvgIpc) is 3.80. The Labute approximate surface area is 329 Å². The Kier molecular flexibility index (Phi) is 6.81. The number of ether oxygens (including phenoxy) is 1. The number of fused-ring (bicyclic) bond motifs is 12. The fourth-order valence-electron chi connectivity index (χ4n) is 9.30. The van der Waals surface area contributed by atoms with Gasteiger partial charge in [-0.25, -0.2) is 9.97 Å². The van der Waals surface area contributed by atoms with Crippen molar-refractivity contribution in [3.63, 3.8) is 0 Å². The van der Waals surface area contributed by atoms with E-state index < -0.39 is 5.41 Å². The third-order valence-electron chi connectivity index (χ3n) is 11.8. The number of benzene rings is 8. The van der Waals surface area contributed by atoms with Crippen LogP contribution in [0.3, 0.4) is 0 Å². The number of aromatic nitrogens is 2. The van der Waals surface area contributed by atoms with Crippen LogP contribution in [0.1, 0.15) is 22.3 Å². The average molecular weight is 729 g/mol. The predicted octanol–water partition coefficient (Wildman–Crippen LogP) is 13.5. The number of hydrogen-bond acceptors (Lipinski definition) is 4. The number of nitrogens with zero attached hydrogens (tertiary/aromatic N) is 2. The van der Waals surface area contributed by atoms with Gasteiger partial charge in [-0.1, -0.05) is 158 Å². The van der Waals surface area contributed by atoms with Gasteiger partial charge in [-0.2, -0.15) is 0 Å². The smallest absolute Gasteiger partial charge is 0.160 e. The van der Waals surface area contributed by atoms with E-state index >= 15 is 0 Å². The van der Waals surface area contributed by atoms with Gasteiger partial charge in [0.25, 0.3) is 0 Å². The molecule has 0 saturated heterocycles. The van der Waals surface area contributed by atoms with Gasteiger partial charge in [0, 0.05) is 44.2 Å². The van der Waals surface area contributed by atoms with E-state index in [-0.39, 0.29) is 0 Å². The molecule has 1 aliphatic heterocycles. The zero-order chi connectivity index (χ0) is 37.5. The highest BCUT2D eigenvalue weighted by Crippen LogP contribution is 2.63. The van der Waals surface area contributed by atoms with E-state index in [9.17, 15) is 0 Å². The molecule has 8 aromatic carbocycles. The van der Waals surface area contributed by atoms with Crippen molar-refractivity contribution in [1.29, 1.82) is 0 Å². The van der Waals surface area contributed by atoms with Crippen molar-refractivity contribution in [1.82, 2.24) is 9.97 Å². The van der Waals surface area contributed by atoms with Crippen LogP contribution in [0.5, 0.6) is 11.5 Å². The van der Waals surface area contributed by atoms with E-state index in [0.717, 1.165) is 83.8 Å². The minimum atomic E-state index is -0.534. The van der Waals surface area contributed by atoms with E-state index in [1.54, 1.807) is 0 Å². The summed E-state index contributed by atoms with van der Waals surface area (Å²) >= 11 is 0. The van der Waals surface area contributed by atoms with Gasteiger partial charge >= 0.3 is 0 Å². The molecular formula is C53H32N2O2. The normalized spacial score (nSPS) is 13.2. The fourth-order valence-corrected chi connectivity index (χ4v) is 9.30. The van der Waals surface area contributed by atoms with Crippen LogP contribution in [0.15, 0.2) is 199 Å². The lowest BCUT2D eigenvalue weighted by Gasteiger charge is -2.40. The van der Waals surface area contributed by atoms with E-state index in [1.165, 1.54) is 22.3 Å². The molecule has 57 heavy (non-hydrogen) atoms. The summed E-state index contributed by atoms with van der Waals surface area (Å²) in [6.07, 6.45) is 0. The van der Waals surface area contributed by atoms with Gasteiger partial charge in [0.15, 0.2) is 5.82 Å². The zero-order valence-electron chi connectivity index (χ0n) is 30.7. The van der Waals surface area contributed by atoms with Crippen LogP contribution in [0.25, 0.3) is 78.1 Å². The molecule has 0 unspecified atom stereocenters. The van der Waals surface area contributed by atoms with Gasteiger partial charge in [-0.15, -0.1) is 0 Å². The van der Waals surface area contributed by atoms with Crippen molar-refractivity contribution in [2.75, 3.05) is 0 Å². The Morgan fingerprint density at radius 2 is 0.965 bits per heavy atom. The Morgan fingerprint density at radius 3 is 1.79 bits per heavy atom. The standard InChI is InChI=1S/C53H32N2O2/c1-2-14-33(15-3-1)46-32-47(35-28-29-41-40-20-6-10-26-48(40)56-50(41)31-35)55-52(54-46)36-17-12-16-34(30-36)37-21-13-25-45-51(37)57-49-27-11-9-24-44(49)53(45)42-22-7-4-18-38(42)39-19-5-8-23-43(39)53/h1-32H. The summed E-state index contributed by atoms with van der Waals surface area (Å²) in [6, 6.07) is 68.2. The molecule has 0 atom stereocenters. The van der Waals surface area contributed by atoms with Crippen molar-refractivity contribution in [3.05, 3.63) is 216 Å². The molecule has 12 rings (SSSR count). The maximum absolute atomic E-state index is 7.00. The number of furan rings is 1. The van der Waals surface area contributed by atoms with Crippen molar-refractivity contribution >= 4 is 21.9 Å². The molecule has 266 valence electrons. The summed E-state index contributed by atoms with van der Waals surface area (Å²) in [5.41, 5.74) is 15.1. The summed E-state index contributed by atoms with van der Waals surface area (Å²) in [5, 5.41) is 2.19. The summed E-state index contributed by atoms with van der Waals surface area (Å²) in [7, 11) is 0. The van der Waals surface area contributed by atoms with Crippen molar-refractivity contribution in [2.45, 2.75) is 5.41 Å². The highest BCUT2D eigenvalue weighted by molar-refractivity contribution is 6.06. The van der Waals surface area contributed by atoms with E-state index in [1.807, 2.05) is 36.4 Å². The molecule has 1 spiro atoms. The summed E-state index contributed by atoms with van der Waals surface area (Å²) < 4.78 is 13.3. The van der Waals surface area contributed by atoms with Crippen LogP contribution in [0.2, 0.25) is 0 Å². The Balaban J connectivity index is 1.04. The summed E-state index contributed by atoms with van der Waals surface area (Å²) in [4.78, 5) is 10.4. The molecule has 0 bridgehead atoms. The molecule has 0 N–H and O–H groups in total. The first-order chi connectivity index (χ1) is 28.2. The first-order valence-electron chi connectivity index (χ1n) is 19.3. The Bertz CT molecular complexity index is 3190. The molecule has 0 fully saturated rings. The summed E-state index contributed by atoms with van der Waals surface area (Å²) in [6.45, 7) is 0. The topological polar surface area (TPSA) is 48.2 Å². The second-order valence-corrected chi connectivity index (χ2v) is 14.8. The molecular weight excluding hydrogens is 697 g/mol. The predicted molar refractivity (Wildman–Crippen MR) is 228 cm³/mol. The minimum absolute atomic E-state index is 0.534. The van der Waals surface area contributed by atoms with E-state index in [2.05, 4.69) is 158 Å². The van der Waals surface area contributed by atoms with Crippen LogP contribution in [0, 0.1) is 0 Å². The molecule has 10 aromatic rings. The lowest BCUT2D eigenvalue weighted by atomic mass is 9.65. The zero-order valence-corrected chi connectivity index (χ0v) is 30.7. The van der Waals surface area contributed by atoms with Crippen molar-refractivity contribution in [2.24, 2.45) is 0 Å². The largest absolute Gasteiger partial charge is 0.456 e. The second-order valence-electron chi connectivity index (χ2n) is 14.8. The van der Waals surface area contributed by atoms with Crippen LogP contribution < -0.4 is 4.74 Å². The summed E-state index contributed by atoms with van der Waals surface area (Å²) in [5.74, 6) is 2.37. The van der Waals surface area contributed by atoms with Crippen LogP contribution in [-0.4, -0.2) is 9.97 Å². The fraction of sp³-hybridized carbons (Fsp3) is 0.0189. The Hall–Kier alpha value is -7.56. The second kappa shape index (κ2) is 12.2. The van der Waals surface area contributed by atoms with Gasteiger partial charge in [0.2, 0.25) is 0 Å². The number of hydrogen-bond donors (Lipinski definition) is 0. The van der Waals surface area contributed by atoms with E-state index in [0.29, 0.717) is 5.82 Å². The first-order valence-corrected chi connectivity index (χ1v) is 19.3.